The Bertz CT molecular complexity index is 775. The van der Waals surface area contributed by atoms with Gasteiger partial charge in [-0.1, -0.05) is 13.8 Å². The molecule has 2 aromatic heterocycles. The Morgan fingerprint density at radius 1 is 1.11 bits per heavy atom. The number of hydrogen-bond donors (Lipinski definition) is 1. The monoisotopic (exact) mass is 375 g/mol. The highest BCUT2D eigenvalue weighted by atomic mass is 19.1. The van der Waals surface area contributed by atoms with Crippen molar-refractivity contribution in [3.05, 3.63) is 24.4 Å². The first-order valence-corrected chi connectivity index (χ1v) is 9.39. The van der Waals surface area contributed by atoms with Gasteiger partial charge < -0.3 is 20.0 Å². The third-order valence-corrected chi connectivity index (χ3v) is 4.90. The van der Waals surface area contributed by atoms with E-state index in [1.54, 1.807) is 4.90 Å². The zero-order chi connectivity index (χ0) is 19.2. The molecule has 146 valence electrons. The topological polar surface area (TPSA) is 77.5 Å². The summed E-state index contributed by atoms with van der Waals surface area (Å²) in [5, 5.41) is 2.98. The molecule has 3 rings (SSSR count). The minimum absolute atomic E-state index is 0.0430. The molecule has 0 unspecified atom stereocenters. The number of piperazine rings is 1. The molecule has 27 heavy (non-hydrogen) atoms. The molecule has 8 nitrogen and oxygen atoms in total. The number of aromatic nitrogens is 3. The molecule has 0 atom stereocenters. The molecule has 0 aromatic carbocycles. The highest BCUT2D eigenvalue weighted by Crippen LogP contribution is 2.23. The average molecular weight is 375 g/mol. The van der Waals surface area contributed by atoms with Crippen LogP contribution in [0.1, 0.15) is 13.8 Å². The molecule has 9 heteroatoms. The number of likely N-dealkylation sites (N-methyl/N-ethyl adjacent to an activating group) is 1. The second-order valence-corrected chi connectivity index (χ2v) is 6.42. The standard InChI is InChI=1S/C18H26FN7O/c1-3-24(4-2)8-7-22-18(27)26-11-9-25(10-12-26)17-16-15(14(19)13-23-17)20-5-6-21-16/h5-6,13H,3-4,7-12H2,1-2H3,(H,22,27). The number of carbonyl (C=O) groups is 1. The summed E-state index contributed by atoms with van der Waals surface area (Å²) in [5.41, 5.74) is 0.675. The van der Waals surface area contributed by atoms with Crippen molar-refractivity contribution in [2.45, 2.75) is 13.8 Å². The zero-order valence-electron chi connectivity index (χ0n) is 15.9. The van der Waals surface area contributed by atoms with Crippen LogP contribution in [0.2, 0.25) is 0 Å². The maximum atomic E-state index is 13.9. The third-order valence-electron chi connectivity index (χ3n) is 4.90. The molecule has 2 aromatic rings. The Hall–Kier alpha value is -2.55. The average Bonchev–Trinajstić information content (AvgIpc) is 2.72. The van der Waals surface area contributed by atoms with E-state index >= 15 is 0 Å². The number of anilines is 1. The van der Waals surface area contributed by atoms with Crippen LogP contribution < -0.4 is 10.2 Å². The number of hydrogen-bond acceptors (Lipinski definition) is 6. The third kappa shape index (κ3) is 4.41. The Morgan fingerprint density at radius 2 is 1.78 bits per heavy atom. The number of rotatable bonds is 6. The first-order chi connectivity index (χ1) is 13.1. The van der Waals surface area contributed by atoms with E-state index in [4.69, 9.17) is 0 Å². The number of nitrogens with one attached hydrogen (secondary N) is 1. The second-order valence-electron chi connectivity index (χ2n) is 6.42. The van der Waals surface area contributed by atoms with Crippen LogP contribution in [0.5, 0.6) is 0 Å². The minimum Gasteiger partial charge on any atom is -0.351 e. The number of amides is 2. The molecule has 0 saturated carbocycles. The van der Waals surface area contributed by atoms with Crippen LogP contribution in [-0.4, -0.2) is 83.1 Å². The maximum Gasteiger partial charge on any atom is 0.317 e. The van der Waals surface area contributed by atoms with Crippen LogP contribution in [0, 0.1) is 5.82 Å². The second kappa shape index (κ2) is 8.90. The fourth-order valence-electron chi connectivity index (χ4n) is 3.24. The lowest BCUT2D eigenvalue weighted by Crippen LogP contribution is -2.52. The van der Waals surface area contributed by atoms with Gasteiger partial charge in [0, 0.05) is 51.7 Å². The van der Waals surface area contributed by atoms with Gasteiger partial charge in [-0.25, -0.2) is 24.1 Å². The van der Waals surface area contributed by atoms with Gasteiger partial charge in [-0.15, -0.1) is 0 Å². The molecule has 1 aliphatic rings. The number of urea groups is 1. The van der Waals surface area contributed by atoms with Crippen LogP contribution in [0.25, 0.3) is 11.0 Å². The number of carbonyl (C=O) groups excluding carboxylic acids is 1. The van der Waals surface area contributed by atoms with E-state index in [2.05, 4.69) is 39.0 Å². The lowest BCUT2D eigenvalue weighted by Gasteiger charge is -2.35. The molecule has 1 N–H and O–H groups in total. The Morgan fingerprint density at radius 3 is 2.44 bits per heavy atom. The van der Waals surface area contributed by atoms with Crippen molar-refractivity contribution < 1.29 is 9.18 Å². The lowest BCUT2D eigenvalue weighted by molar-refractivity contribution is 0.192. The van der Waals surface area contributed by atoms with E-state index in [1.807, 2.05) is 4.90 Å². The lowest BCUT2D eigenvalue weighted by atomic mass is 10.2. The minimum atomic E-state index is -0.479. The van der Waals surface area contributed by atoms with E-state index in [-0.39, 0.29) is 11.5 Å². The van der Waals surface area contributed by atoms with Crippen molar-refractivity contribution in [2.24, 2.45) is 0 Å². The van der Waals surface area contributed by atoms with Gasteiger partial charge in [0.25, 0.3) is 0 Å². The summed E-state index contributed by atoms with van der Waals surface area (Å²) in [4.78, 5) is 31.0. The van der Waals surface area contributed by atoms with E-state index < -0.39 is 5.82 Å². The van der Waals surface area contributed by atoms with E-state index in [0.29, 0.717) is 44.1 Å². The first kappa shape index (κ1) is 19.2. The van der Waals surface area contributed by atoms with Crippen molar-refractivity contribution >= 4 is 22.9 Å². The highest BCUT2D eigenvalue weighted by Gasteiger charge is 2.24. The molecule has 2 amide bonds. The molecular weight excluding hydrogens is 349 g/mol. The first-order valence-electron chi connectivity index (χ1n) is 9.39. The number of halogens is 1. The van der Waals surface area contributed by atoms with Gasteiger partial charge in [0.2, 0.25) is 0 Å². The van der Waals surface area contributed by atoms with Gasteiger partial charge in [0.1, 0.15) is 11.0 Å². The van der Waals surface area contributed by atoms with Crippen molar-refractivity contribution in [3.63, 3.8) is 0 Å². The largest absolute Gasteiger partial charge is 0.351 e. The van der Waals surface area contributed by atoms with Crippen molar-refractivity contribution in [1.82, 2.24) is 30.1 Å². The van der Waals surface area contributed by atoms with Gasteiger partial charge in [0.15, 0.2) is 11.6 Å². The summed E-state index contributed by atoms with van der Waals surface area (Å²) < 4.78 is 13.9. The van der Waals surface area contributed by atoms with Gasteiger partial charge in [0.05, 0.1) is 6.20 Å². The fourth-order valence-corrected chi connectivity index (χ4v) is 3.24. The fraction of sp³-hybridized carbons (Fsp3) is 0.556. The SMILES string of the molecule is CCN(CC)CCNC(=O)N1CCN(c2ncc(F)c3nccnc23)CC1. The summed E-state index contributed by atoms with van der Waals surface area (Å²) in [6, 6.07) is -0.0430. The van der Waals surface area contributed by atoms with Gasteiger partial charge in [-0.3, -0.25) is 0 Å². The predicted octanol–water partition coefficient (Wildman–Crippen LogP) is 1.34. The van der Waals surface area contributed by atoms with E-state index in [0.717, 1.165) is 19.6 Å². The number of fused-ring (bicyclic) bond motifs is 1. The zero-order valence-corrected chi connectivity index (χ0v) is 15.9. The summed E-state index contributed by atoms with van der Waals surface area (Å²) in [6.07, 6.45) is 4.18. The highest BCUT2D eigenvalue weighted by molar-refractivity contribution is 5.85. The van der Waals surface area contributed by atoms with Gasteiger partial charge >= 0.3 is 6.03 Å². The van der Waals surface area contributed by atoms with Crippen molar-refractivity contribution in [1.29, 1.82) is 0 Å². The van der Waals surface area contributed by atoms with E-state index in [1.165, 1.54) is 18.6 Å². The number of nitrogens with zero attached hydrogens (tertiary/aromatic N) is 6. The van der Waals surface area contributed by atoms with Crippen LogP contribution >= 0.6 is 0 Å². The molecule has 3 heterocycles. The molecule has 0 aliphatic carbocycles. The van der Waals surface area contributed by atoms with E-state index in [9.17, 15) is 9.18 Å². The number of pyridine rings is 1. The Kier molecular flexibility index (Phi) is 6.33. The molecule has 0 spiro atoms. The maximum absolute atomic E-state index is 13.9. The van der Waals surface area contributed by atoms with Crippen molar-refractivity contribution in [2.75, 3.05) is 57.3 Å². The quantitative estimate of drug-likeness (QED) is 0.821. The van der Waals surface area contributed by atoms with Crippen molar-refractivity contribution in [3.8, 4) is 0 Å². The van der Waals surface area contributed by atoms with Crippen LogP contribution in [-0.2, 0) is 0 Å². The Labute approximate surface area is 158 Å². The summed E-state index contributed by atoms with van der Waals surface area (Å²) in [6.45, 7) is 10.1. The molecule has 1 fully saturated rings. The van der Waals surface area contributed by atoms with Crippen LogP contribution in [0.15, 0.2) is 18.6 Å². The normalized spacial score (nSPS) is 14.8. The van der Waals surface area contributed by atoms with Crippen LogP contribution in [0.3, 0.4) is 0 Å². The summed E-state index contributed by atoms with van der Waals surface area (Å²) in [5.74, 6) is 0.133. The Balaban J connectivity index is 1.56. The van der Waals surface area contributed by atoms with Gasteiger partial charge in [-0.2, -0.15) is 0 Å². The summed E-state index contributed by atoms with van der Waals surface area (Å²) in [7, 11) is 0. The molecular formula is C18H26FN7O. The molecule has 1 saturated heterocycles. The molecule has 0 bridgehead atoms. The predicted molar refractivity (Wildman–Crippen MR) is 102 cm³/mol. The molecule has 1 aliphatic heterocycles. The molecule has 0 radical (unpaired) electrons. The smallest absolute Gasteiger partial charge is 0.317 e. The van der Waals surface area contributed by atoms with Crippen LogP contribution in [0.4, 0.5) is 15.0 Å². The van der Waals surface area contributed by atoms with Gasteiger partial charge in [-0.05, 0) is 13.1 Å². The summed E-state index contributed by atoms with van der Waals surface area (Å²) >= 11 is 0.